The summed E-state index contributed by atoms with van der Waals surface area (Å²) in [6.07, 6.45) is 4.05. The Hall–Kier alpha value is -1.92. The lowest BCUT2D eigenvalue weighted by molar-refractivity contribution is -0.130. The van der Waals surface area contributed by atoms with Crippen molar-refractivity contribution in [1.82, 2.24) is 24.7 Å². The van der Waals surface area contributed by atoms with E-state index in [0.29, 0.717) is 5.92 Å². The lowest BCUT2D eigenvalue weighted by atomic mass is 9.91. The van der Waals surface area contributed by atoms with E-state index in [4.69, 9.17) is 0 Å². The third-order valence-corrected chi connectivity index (χ3v) is 5.96. The fourth-order valence-corrected chi connectivity index (χ4v) is 4.34. The number of H-pyrrole nitrogens is 1. The molecule has 0 unspecified atom stereocenters. The predicted molar refractivity (Wildman–Crippen MR) is 103 cm³/mol. The summed E-state index contributed by atoms with van der Waals surface area (Å²) in [5.74, 6) is 0.564. The van der Waals surface area contributed by atoms with Crippen LogP contribution in [0.2, 0.25) is 0 Å². The highest BCUT2D eigenvalue weighted by Gasteiger charge is 2.28. The number of amides is 1. The maximum atomic E-state index is 11.9. The fourth-order valence-electron chi connectivity index (χ4n) is 4.34. The minimum atomic E-state index is 0.185. The van der Waals surface area contributed by atoms with Crippen molar-refractivity contribution in [2.75, 3.05) is 46.3 Å². The molecule has 6 nitrogen and oxygen atoms in total. The Morgan fingerprint density at radius 2 is 2.08 bits per heavy atom. The number of piperazine rings is 1. The summed E-state index contributed by atoms with van der Waals surface area (Å²) in [7, 11) is 2.19. The van der Waals surface area contributed by atoms with E-state index in [1.807, 2.05) is 17.2 Å². The SMILES string of the molecule is CC(=O)N1CCC[C@H](c2[nH]c3ncccc3c2CN2CCN(C)CC2)C1. The normalized spacial score (nSPS) is 22.8. The van der Waals surface area contributed by atoms with Gasteiger partial charge in [-0.25, -0.2) is 4.98 Å². The van der Waals surface area contributed by atoms with Crippen molar-refractivity contribution in [3.05, 3.63) is 29.6 Å². The number of nitrogens with one attached hydrogen (secondary N) is 1. The first-order valence-corrected chi connectivity index (χ1v) is 9.73. The highest BCUT2D eigenvalue weighted by atomic mass is 16.2. The second-order valence-corrected chi connectivity index (χ2v) is 7.80. The molecule has 0 bridgehead atoms. The number of hydrogen-bond acceptors (Lipinski definition) is 4. The molecule has 0 aromatic carbocycles. The van der Waals surface area contributed by atoms with Crippen molar-refractivity contribution in [2.45, 2.75) is 32.2 Å². The molecule has 2 aliphatic rings. The van der Waals surface area contributed by atoms with Gasteiger partial charge in [-0.3, -0.25) is 9.69 Å². The van der Waals surface area contributed by atoms with Gasteiger partial charge in [-0.2, -0.15) is 0 Å². The van der Waals surface area contributed by atoms with Crippen molar-refractivity contribution in [3.8, 4) is 0 Å². The van der Waals surface area contributed by atoms with Gasteiger partial charge in [0.1, 0.15) is 5.65 Å². The summed E-state index contributed by atoms with van der Waals surface area (Å²) < 4.78 is 0. The van der Waals surface area contributed by atoms with Crippen LogP contribution in [0.4, 0.5) is 0 Å². The summed E-state index contributed by atoms with van der Waals surface area (Å²) in [5.41, 5.74) is 3.66. The Kier molecular flexibility index (Phi) is 4.96. The molecule has 0 radical (unpaired) electrons. The third kappa shape index (κ3) is 3.48. The Balaban J connectivity index is 1.64. The van der Waals surface area contributed by atoms with Crippen molar-refractivity contribution < 1.29 is 4.79 Å². The van der Waals surface area contributed by atoms with Gasteiger partial charge in [0.2, 0.25) is 5.91 Å². The molecule has 4 rings (SSSR count). The van der Waals surface area contributed by atoms with E-state index in [-0.39, 0.29) is 5.91 Å². The second-order valence-electron chi connectivity index (χ2n) is 7.80. The molecular weight excluding hydrogens is 326 g/mol. The number of pyridine rings is 1. The van der Waals surface area contributed by atoms with E-state index in [1.54, 1.807) is 6.92 Å². The minimum absolute atomic E-state index is 0.185. The van der Waals surface area contributed by atoms with Crippen LogP contribution in [0, 0.1) is 0 Å². The first-order chi connectivity index (χ1) is 12.6. The first-order valence-electron chi connectivity index (χ1n) is 9.73. The van der Waals surface area contributed by atoms with E-state index in [2.05, 4.69) is 32.9 Å². The average Bonchev–Trinajstić information content (AvgIpc) is 3.02. The maximum Gasteiger partial charge on any atom is 0.219 e. The second kappa shape index (κ2) is 7.37. The largest absolute Gasteiger partial charge is 0.343 e. The van der Waals surface area contributed by atoms with Gasteiger partial charge in [0.05, 0.1) is 0 Å². The van der Waals surface area contributed by atoms with Gasteiger partial charge in [-0.05, 0) is 37.6 Å². The molecule has 0 aliphatic carbocycles. The molecule has 2 saturated heterocycles. The van der Waals surface area contributed by atoms with Crippen LogP contribution in [-0.4, -0.2) is 76.9 Å². The highest BCUT2D eigenvalue weighted by Crippen LogP contribution is 2.33. The Morgan fingerprint density at radius 3 is 2.85 bits per heavy atom. The number of carbonyl (C=O) groups is 1. The standard InChI is InChI=1S/C20H29N5O/c1-15(26)25-8-4-5-16(13-25)19-18(14-24-11-9-23(2)10-12-24)17-6-3-7-21-20(17)22-19/h3,6-7,16H,4-5,8-14H2,1-2H3,(H,21,22)/t16-/m0/s1. The molecule has 0 saturated carbocycles. The van der Waals surface area contributed by atoms with E-state index in [9.17, 15) is 4.79 Å². The van der Waals surface area contributed by atoms with Crippen LogP contribution in [0.25, 0.3) is 11.0 Å². The van der Waals surface area contributed by atoms with Crippen LogP contribution in [0.5, 0.6) is 0 Å². The van der Waals surface area contributed by atoms with E-state index >= 15 is 0 Å². The number of hydrogen-bond donors (Lipinski definition) is 1. The molecule has 2 aliphatic heterocycles. The van der Waals surface area contributed by atoms with Gasteiger partial charge in [-0.1, -0.05) is 0 Å². The topological polar surface area (TPSA) is 55.5 Å². The number of nitrogens with zero attached hydrogens (tertiary/aromatic N) is 4. The van der Waals surface area contributed by atoms with Crippen LogP contribution >= 0.6 is 0 Å². The zero-order chi connectivity index (χ0) is 18.1. The summed E-state index contributed by atoms with van der Waals surface area (Å²) in [6, 6.07) is 4.20. The minimum Gasteiger partial charge on any atom is -0.343 e. The van der Waals surface area contributed by atoms with Crippen LogP contribution in [0.15, 0.2) is 18.3 Å². The van der Waals surface area contributed by atoms with E-state index < -0.39 is 0 Å². The van der Waals surface area contributed by atoms with Crippen molar-refractivity contribution >= 4 is 16.9 Å². The predicted octanol–water partition coefficient (Wildman–Crippen LogP) is 2.04. The monoisotopic (exact) mass is 355 g/mol. The third-order valence-electron chi connectivity index (χ3n) is 5.96. The maximum absolute atomic E-state index is 11.9. The van der Waals surface area contributed by atoms with Gasteiger partial charge < -0.3 is 14.8 Å². The fraction of sp³-hybridized carbons (Fsp3) is 0.600. The van der Waals surface area contributed by atoms with Gasteiger partial charge in [0.25, 0.3) is 0 Å². The number of rotatable bonds is 3. The Labute approximate surface area is 155 Å². The molecule has 2 fully saturated rings. The number of carbonyl (C=O) groups excluding carboxylic acids is 1. The Bertz CT molecular complexity index is 778. The zero-order valence-corrected chi connectivity index (χ0v) is 15.9. The Morgan fingerprint density at radius 1 is 1.27 bits per heavy atom. The molecule has 140 valence electrons. The van der Waals surface area contributed by atoms with Gasteiger partial charge in [0, 0.05) is 75.9 Å². The molecule has 2 aromatic heterocycles. The average molecular weight is 355 g/mol. The lowest BCUT2D eigenvalue weighted by Crippen LogP contribution is -2.44. The van der Waals surface area contributed by atoms with Crippen molar-refractivity contribution in [2.24, 2.45) is 0 Å². The van der Waals surface area contributed by atoms with Gasteiger partial charge in [-0.15, -0.1) is 0 Å². The first kappa shape index (κ1) is 17.5. The van der Waals surface area contributed by atoms with Crippen molar-refractivity contribution in [3.63, 3.8) is 0 Å². The summed E-state index contributed by atoms with van der Waals surface area (Å²) in [4.78, 5) is 27.0. The highest BCUT2D eigenvalue weighted by molar-refractivity contribution is 5.81. The number of likely N-dealkylation sites (tertiary alicyclic amines) is 1. The van der Waals surface area contributed by atoms with Crippen LogP contribution in [0.1, 0.15) is 36.9 Å². The van der Waals surface area contributed by atoms with E-state index in [0.717, 1.165) is 64.3 Å². The summed E-state index contributed by atoms with van der Waals surface area (Å²) in [5, 5.41) is 1.24. The number of fused-ring (bicyclic) bond motifs is 1. The molecule has 1 N–H and O–H groups in total. The smallest absolute Gasteiger partial charge is 0.219 e. The quantitative estimate of drug-likeness (QED) is 0.915. The number of aromatic amines is 1. The van der Waals surface area contributed by atoms with Crippen molar-refractivity contribution in [1.29, 1.82) is 0 Å². The molecule has 6 heteroatoms. The summed E-state index contributed by atoms with van der Waals surface area (Å²) >= 11 is 0. The molecular formula is C20H29N5O. The zero-order valence-electron chi connectivity index (χ0n) is 15.9. The number of likely N-dealkylation sites (N-methyl/N-ethyl adjacent to an activating group) is 1. The number of aromatic nitrogens is 2. The molecule has 2 aromatic rings. The molecule has 26 heavy (non-hydrogen) atoms. The summed E-state index contributed by atoms with van der Waals surface area (Å²) in [6.45, 7) is 8.80. The number of piperidine rings is 1. The van der Waals surface area contributed by atoms with Crippen LogP contribution < -0.4 is 0 Å². The molecule has 4 heterocycles. The lowest BCUT2D eigenvalue weighted by Gasteiger charge is -2.34. The van der Waals surface area contributed by atoms with Crippen LogP contribution in [-0.2, 0) is 11.3 Å². The van der Waals surface area contributed by atoms with Gasteiger partial charge in [0.15, 0.2) is 0 Å². The molecule has 1 atom stereocenters. The van der Waals surface area contributed by atoms with Crippen LogP contribution in [0.3, 0.4) is 0 Å². The molecule has 1 amide bonds. The van der Waals surface area contributed by atoms with Gasteiger partial charge >= 0.3 is 0 Å². The van der Waals surface area contributed by atoms with E-state index in [1.165, 1.54) is 16.6 Å². The molecule has 0 spiro atoms.